The fourth-order valence-electron chi connectivity index (χ4n) is 4.32. The number of hydrogen-bond donors (Lipinski definition) is 0. The fourth-order valence-corrected chi connectivity index (χ4v) is 4.32. The molecule has 206 valence electrons. The summed E-state index contributed by atoms with van der Waals surface area (Å²) >= 11 is 0. The van der Waals surface area contributed by atoms with Gasteiger partial charge in [0, 0.05) is 0 Å². The Hall–Kier alpha value is -1.91. The van der Waals surface area contributed by atoms with Crippen LogP contribution in [0.15, 0.2) is 18.2 Å². The van der Waals surface area contributed by atoms with Gasteiger partial charge in [-0.25, -0.2) is 14.6 Å². The Bertz CT molecular complexity index is 676. The van der Waals surface area contributed by atoms with Crippen LogP contribution in [0.4, 0.5) is 0 Å². The van der Waals surface area contributed by atoms with Crippen LogP contribution in [0.1, 0.15) is 163 Å². The van der Waals surface area contributed by atoms with Crippen LogP contribution in [-0.2, 0) is 9.47 Å². The summed E-state index contributed by atoms with van der Waals surface area (Å²) in [4.78, 5) is 28.7. The van der Waals surface area contributed by atoms with Crippen molar-refractivity contribution in [1.82, 2.24) is 4.98 Å². The molecule has 5 nitrogen and oxygen atoms in total. The van der Waals surface area contributed by atoms with Crippen LogP contribution in [-0.4, -0.2) is 30.1 Å². The molecule has 0 amide bonds. The highest BCUT2D eigenvalue weighted by atomic mass is 16.5. The number of rotatable bonds is 24. The van der Waals surface area contributed by atoms with Crippen molar-refractivity contribution >= 4 is 11.9 Å². The zero-order valence-corrected chi connectivity index (χ0v) is 23.4. The summed E-state index contributed by atoms with van der Waals surface area (Å²) in [6, 6.07) is 4.81. The van der Waals surface area contributed by atoms with Gasteiger partial charge >= 0.3 is 11.9 Å². The lowest BCUT2D eigenvalue weighted by Gasteiger charge is -2.07. The minimum Gasteiger partial charge on any atom is -0.461 e. The molecule has 0 bridgehead atoms. The second kappa shape index (κ2) is 23.5. The summed E-state index contributed by atoms with van der Waals surface area (Å²) in [6.07, 6.45) is 24.8. The first kappa shape index (κ1) is 32.1. The molecule has 0 spiro atoms. The van der Waals surface area contributed by atoms with Gasteiger partial charge in [0.1, 0.15) is 11.4 Å². The molecule has 1 aromatic heterocycles. The Kier molecular flexibility index (Phi) is 21.0. The van der Waals surface area contributed by atoms with Crippen molar-refractivity contribution in [1.29, 1.82) is 0 Å². The molecule has 0 fully saturated rings. The number of nitrogens with zero attached hydrogens (tertiary/aromatic N) is 1. The van der Waals surface area contributed by atoms with E-state index < -0.39 is 11.9 Å². The number of aromatic nitrogens is 1. The molecule has 0 N–H and O–H groups in total. The number of pyridine rings is 1. The molecule has 0 aliphatic carbocycles. The lowest BCUT2D eigenvalue weighted by Crippen LogP contribution is -2.13. The number of unbranched alkanes of at least 4 members (excludes halogenated alkanes) is 18. The highest BCUT2D eigenvalue weighted by Crippen LogP contribution is 2.13. The topological polar surface area (TPSA) is 65.5 Å². The third-order valence-electron chi connectivity index (χ3n) is 6.63. The summed E-state index contributed by atoms with van der Waals surface area (Å²) in [6.45, 7) is 5.26. The Morgan fingerprint density at radius 3 is 1.17 bits per heavy atom. The SMILES string of the molecule is CCCCCCCCCCCCCCCOC(=O)c1cccc(C(=O)OCCCCCCCCC)n1. The first-order chi connectivity index (χ1) is 17.7. The van der Waals surface area contributed by atoms with E-state index in [-0.39, 0.29) is 11.4 Å². The van der Waals surface area contributed by atoms with Gasteiger partial charge in [-0.1, -0.05) is 135 Å². The normalized spacial score (nSPS) is 10.9. The van der Waals surface area contributed by atoms with E-state index in [0.29, 0.717) is 13.2 Å². The van der Waals surface area contributed by atoms with Gasteiger partial charge in [0.2, 0.25) is 0 Å². The lowest BCUT2D eigenvalue weighted by molar-refractivity contribution is 0.0482. The van der Waals surface area contributed by atoms with Crippen LogP contribution in [0.25, 0.3) is 0 Å². The van der Waals surface area contributed by atoms with Crippen LogP contribution >= 0.6 is 0 Å². The Morgan fingerprint density at radius 2 is 0.833 bits per heavy atom. The minimum absolute atomic E-state index is 0.161. The molecule has 0 saturated heterocycles. The molecule has 5 heteroatoms. The largest absolute Gasteiger partial charge is 0.461 e. The van der Waals surface area contributed by atoms with E-state index >= 15 is 0 Å². The summed E-state index contributed by atoms with van der Waals surface area (Å²) in [5.41, 5.74) is 0.323. The minimum atomic E-state index is -0.480. The first-order valence-electron chi connectivity index (χ1n) is 15.0. The molecule has 0 aromatic carbocycles. The van der Waals surface area contributed by atoms with Crippen molar-refractivity contribution in [3.8, 4) is 0 Å². The zero-order chi connectivity index (χ0) is 26.1. The smallest absolute Gasteiger partial charge is 0.356 e. The van der Waals surface area contributed by atoms with E-state index in [1.807, 2.05) is 0 Å². The van der Waals surface area contributed by atoms with Gasteiger partial charge in [-0.2, -0.15) is 0 Å². The molecule has 1 heterocycles. The molecule has 0 saturated carbocycles. The molecule has 1 aromatic rings. The van der Waals surface area contributed by atoms with Gasteiger partial charge in [0.15, 0.2) is 0 Å². The second-order valence-electron chi connectivity index (χ2n) is 10.0. The van der Waals surface area contributed by atoms with Gasteiger partial charge in [-0.3, -0.25) is 0 Å². The Labute approximate surface area is 221 Å². The average molecular weight is 504 g/mol. The van der Waals surface area contributed by atoms with Crippen LogP contribution in [0.5, 0.6) is 0 Å². The van der Waals surface area contributed by atoms with Gasteiger partial charge < -0.3 is 9.47 Å². The lowest BCUT2D eigenvalue weighted by atomic mass is 10.0. The van der Waals surface area contributed by atoms with E-state index in [0.717, 1.165) is 25.7 Å². The number of carbonyl (C=O) groups excluding carboxylic acids is 2. The summed E-state index contributed by atoms with van der Waals surface area (Å²) in [5, 5.41) is 0. The molecule has 0 unspecified atom stereocenters. The third kappa shape index (κ3) is 17.5. The first-order valence-corrected chi connectivity index (χ1v) is 15.0. The highest BCUT2D eigenvalue weighted by molar-refractivity contribution is 5.91. The zero-order valence-electron chi connectivity index (χ0n) is 23.4. The molecular weight excluding hydrogens is 450 g/mol. The van der Waals surface area contributed by atoms with Crippen LogP contribution in [0.3, 0.4) is 0 Å². The maximum absolute atomic E-state index is 12.3. The van der Waals surface area contributed by atoms with E-state index in [9.17, 15) is 9.59 Å². The van der Waals surface area contributed by atoms with E-state index in [4.69, 9.17) is 9.47 Å². The van der Waals surface area contributed by atoms with Gasteiger partial charge in [-0.05, 0) is 25.0 Å². The maximum atomic E-state index is 12.3. The van der Waals surface area contributed by atoms with Crippen molar-refractivity contribution in [2.45, 2.75) is 142 Å². The predicted molar refractivity (Wildman–Crippen MR) is 148 cm³/mol. The van der Waals surface area contributed by atoms with E-state index in [2.05, 4.69) is 18.8 Å². The molecule has 1 rings (SSSR count). The van der Waals surface area contributed by atoms with E-state index in [1.165, 1.54) is 103 Å². The van der Waals surface area contributed by atoms with Gasteiger partial charge in [-0.15, -0.1) is 0 Å². The molecule has 0 atom stereocenters. The van der Waals surface area contributed by atoms with Crippen molar-refractivity contribution < 1.29 is 19.1 Å². The van der Waals surface area contributed by atoms with Crippen LogP contribution in [0, 0.1) is 0 Å². The number of carbonyl (C=O) groups is 2. The maximum Gasteiger partial charge on any atom is 0.356 e. The second-order valence-corrected chi connectivity index (χ2v) is 10.0. The fraction of sp³-hybridized carbons (Fsp3) is 0.774. The molecular formula is C31H53NO4. The van der Waals surface area contributed by atoms with Crippen LogP contribution in [0.2, 0.25) is 0 Å². The quantitative estimate of drug-likeness (QED) is 0.104. The standard InChI is InChI=1S/C31H53NO4/c1-3-5-7-9-11-12-13-14-15-16-18-20-22-27-36-31(34)29-25-23-24-28(32-29)30(33)35-26-21-19-17-10-8-6-4-2/h23-25H,3-22,26-27H2,1-2H3. The predicted octanol–water partition coefficient (Wildman–Crippen LogP) is 9.24. The Balaban J connectivity index is 2.07. The molecule has 0 aliphatic rings. The molecule has 36 heavy (non-hydrogen) atoms. The third-order valence-corrected chi connectivity index (χ3v) is 6.63. The van der Waals surface area contributed by atoms with Crippen molar-refractivity contribution in [3.63, 3.8) is 0 Å². The van der Waals surface area contributed by atoms with Gasteiger partial charge in [0.25, 0.3) is 0 Å². The highest BCUT2D eigenvalue weighted by Gasteiger charge is 2.14. The Morgan fingerprint density at radius 1 is 0.528 bits per heavy atom. The number of esters is 2. The molecule has 0 radical (unpaired) electrons. The summed E-state index contributed by atoms with van der Waals surface area (Å²) in [5.74, 6) is -0.956. The van der Waals surface area contributed by atoms with Crippen LogP contribution < -0.4 is 0 Å². The van der Waals surface area contributed by atoms with Crippen molar-refractivity contribution in [2.75, 3.05) is 13.2 Å². The van der Waals surface area contributed by atoms with Crippen molar-refractivity contribution in [3.05, 3.63) is 29.6 Å². The summed E-state index contributed by atoms with van der Waals surface area (Å²) in [7, 11) is 0. The number of hydrogen-bond acceptors (Lipinski definition) is 5. The van der Waals surface area contributed by atoms with Gasteiger partial charge in [0.05, 0.1) is 13.2 Å². The number of ether oxygens (including phenoxy) is 2. The van der Waals surface area contributed by atoms with E-state index in [1.54, 1.807) is 18.2 Å². The monoisotopic (exact) mass is 503 g/mol. The average Bonchev–Trinajstić information content (AvgIpc) is 2.90. The van der Waals surface area contributed by atoms with Crippen molar-refractivity contribution in [2.24, 2.45) is 0 Å². The molecule has 0 aliphatic heterocycles. The summed E-state index contributed by atoms with van der Waals surface area (Å²) < 4.78 is 10.7.